The van der Waals surface area contributed by atoms with Crippen LogP contribution in [0.5, 0.6) is 5.75 Å². The van der Waals surface area contributed by atoms with Gasteiger partial charge in [-0.25, -0.2) is 9.59 Å². The molecule has 0 saturated heterocycles. The number of esters is 2. The molecule has 2 aromatic heterocycles. The molecule has 0 radical (unpaired) electrons. The Balaban J connectivity index is 1.78. The van der Waals surface area contributed by atoms with Crippen molar-refractivity contribution in [3.63, 3.8) is 0 Å². The highest BCUT2D eigenvalue weighted by Crippen LogP contribution is 2.27. The maximum atomic E-state index is 12.4. The van der Waals surface area contributed by atoms with Crippen molar-refractivity contribution in [2.45, 2.75) is 40.8 Å². The normalized spacial score (nSPS) is 10.9. The number of aryl methyl sites for hydroxylation is 2. The summed E-state index contributed by atoms with van der Waals surface area (Å²) in [7, 11) is 0. The lowest BCUT2D eigenvalue weighted by atomic mass is 10.1. The van der Waals surface area contributed by atoms with Crippen molar-refractivity contribution in [3.05, 3.63) is 62.8 Å². The van der Waals surface area contributed by atoms with Gasteiger partial charge in [0, 0.05) is 34.0 Å². The summed E-state index contributed by atoms with van der Waals surface area (Å²) < 4.78 is 17.3. The highest BCUT2D eigenvalue weighted by Gasteiger charge is 2.19. The minimum Gasteiger partial charge on any atom is -0.508 e. The third-order valence-electron chi connectivity index (χ3n) is 4.96. The molecule has 0 saturated carbocycles. The fourth-order valence-electron chi connectivity index (χ4n) is 3.33. The lowest BCUT2D eigenvalue weighted by Crippen LogP contribution is -2.16. The summed E-state index contributed by atoms with van der Waals surface area (Å²) in [5.74, 6) is -0.953. The Morgan fingerprint density at radius 1 is 1.13 bits per heavy atom. The molecular formula is C22H23NO7. The van der Waals surface area contributed by atoms with Crippen LogP contribution in [0, 0.1) is 20.8 Å². The van der Waals surface area contributed by atoms with Gasteiger partial charge in [0.2, 0.25) is 0 Å². The number of fused-ring (bicyclic) bond motifs is 1. The Morgan fingerprint density at radius 2 is 1.87 bits per heavy atom. The SMILES string of the molecule is CCOC(=O)c1cc(C)n(CC(=O)OCc2cc(=O)oc3c(C)c(O)ccc23)c1C. The maximum Gasteiger partial charge on any atom is 0.339 e. The number of ether oxygens (including phenoxy) is 2. The monoisotopic (exact) mass is 413 g/mol. The van der Waals surface area contributed by atoms with Crippen molar-refractivity contribution in [1.82, 2.24) is 4.57 Å². The molecule has 0 atom stereocenters. The van der Waals surface area contributed by atoms with Crippen molar-refractivity contribution in [3.8, 4) is 5.75 Å². The van der Waals surface area contributed by atoms with E-state index in [9.17, 15) is 19.5 Å². The number of carbonyl (C=O) groups excluding carboxylic acids is 2. The molecule has 0 fully saturated rings. The summed E-state index contributed by atoms with van der Waals surface area (Å²) in [4.78, 5) is 36.3. The van der Waals surface area contributed by atoms with Crippen molar-refractivity contribution in [1.29, 1.82) is 0 Å². The Labute approximate surface area is 172 Å². The predicted molar refractivity (Wildman–Crippen MR) is 109 cm³/mol. The van der Waals surface area contributed by atoms with Crippen molar-refractivity contribution >= 4 is 22.9 Å². The molecule has 0 aliphatic carbocycles. The van der Waals surface area contributed by atoms with Crippen LogP contribution in [0.3, 0.4) is 0 Å². The van der Waals surface area contributed by atoms with E-state index in [4.69, 9.17) is 13.9 Å². The van der Waals surface area contributed by atoms with Crippen LogP contribution < -0.4 is 5.63 Å². The van der Waals surface area contributed by atoms with E-state index in [1.165, 1.54) is 12.1 Å². The molecule has 1 aromatic carbocycles. The number of hydrogen-bond acceptors (Lipinski definition) is 7. The molecule has 0 aliphatic rings. The molecule has 158 valence electrons. The zero-order chi connectivity index (χ0) is 22.0. The number of benzene rings is 1. The molecule has 0 aliphatic heterocycles. The Hall–Kier alpha value is -3.55. The van der Waals surface area contributed by atoms with Crippen LogP contribution in [-0.4, -0.2) is 28.2 Å². The fraction of sp³-hybridized carbons (Fsp3) is 0.318. The molecule has 2 heterocycles. The maximum absolute atomic E-state index is 12.4. The second kappa shape index (κ2) is 8.44. The van der Waals surface area contributed by atoms with E-state index in [1.54, 1.807) is 44.4 Å². The first-order valence-corrected chi connectivity index (χ1v) is 9.47. The van der Waals surface area contributed by atoms with Crippen LogP contribution in [-0.2, 0) is 27.4 Å². The van der Waals surface area contributed by atoms with Gasteiger partial charge < -0.3 is 23.6 Å². The van der Waals surface area contributed by atoms with E-state index in [1.807, 2.05) is 0 Å². The molecule has 8 heteroatoms. The Kier molecular flexibility index (Phi) is 5.96. The van der Waals surface area contributed by atoms with E-state index < -0.39 is 17.6 Å². The van der Waals surface area contributed by atoms with Crippen LogP contribution in [0.1, 0.15) is 39.8 Å². The predicted octanol–water partition coefficient (Wildman–Crippen LogP) is 3.15. The van der Waals surface area contributed by atoms with E-state index in [-0.39, 0.29) is 31.1 Å². The number of hydrogen-bond donors (Lipinski definition) is 1. The summed E-state index contributed by atoms with van der Waals surface area (Å²) in [6, 6.07) is 6.03. The third kappa shape index (κ3) is 4.07. The summed E-state index contributed by atoms with van der Waals surface area (Å²) >= 11 is 0. The molecule has 30 heavy (non-hydrogen) atoms. The zero-order valence-electron chi connectivity index (χ0n) is 17.3. The van der Waals surface area contributed by atoms with Crippen LogP contribution >= 0.6 is 0 Å². The number of phenolic OH excluding ortho intramolecular Hbond substituents is 1. The average molecular weight is 413 g/mol. The molecule has 3 rings (SSSR count). The van der Waals surface area contributed by atoms with E-state index >= 15 is 0 Å². The van der Waals surface area contributed by atoms with Gasteiger partial charge >= 0.3 is 17.6 Å². The molecule has 0 spiro atoms. The van der Waals surface area contributed by atoms with Gasteiger partial charge in [-0.05, 0) is 45.9 Å². The number of nitrogens with zero attached hydrogens (tertiary/aromatic N) is 1. The molecule has 0 amide bonds. The lowest BCUT2D eigenvalue weighted by Gasteiger charge is -2.11. The van der Waals surface area contributed by atoms with Crippen LogP contribution in [0.2, 0.25) is 0 Å². The second-order valence-corrected chi connectivity index (χ2v) is 6.93. The minimum absolute atomic E-state index is 0.00996. The van der Waals surface area contributed by atoms with E-state index in [0.717, 1.165) is 5.69 Å². The largest absolute Gasteiger partial charge is 0.508 e. The van der Waals surface area contributed by atoms with Gasteiger partial charge in [0.05, 0.1) is 12.2 Å². The van der Waals surface area contributed by atoms with E-state index in [0.29, 0.717) is 27.8 Å². The number of aromatic nitrogens is 1. The molecule has 0 bridgehead atoms. The van der Waals surface area contributed by atoms with Gasteiger partial charge in [-0.1, -0.05) is 0 Å². The average Bonchev–Trinajstić information content (AvgIpc) is 2.97. The van der Waals surface area contributed by atoms with Gasteiger partial charge in [0.15, 0.2) is 0 Å². The molecule has 8 nitrogen and oxygen atoms in total. The molecule has 1 N–H and O–H groups in total. The highest BCUT2D eigenvalue weighted by atomic mass is 16.5. The highest BCUT2D eigenvalue weighted by molar-refractivity contribution is 5.91. The summed E-state index contributed by atoms with van der Waals surface area (Å²) in [6.45, 7) is 6.93. The van der Waals surface area contributed by atoms with Crippen LogP contribution in [0.15, 0.2) is 33.5 Å². The first-order chi connectivity index (χ1) is 14.2. The van der Waals surface area contributed by atoms with Gasteiger partial charge in [-0.15, -0.1) is 0 Å². The smallest absolute Gasteiger partial charge is 0.339 e. The summed E-state index contributed by atoms with van der Waals surface area (Å²) in [5.41, 5.74) is 2.31. The van der Waals surface area contributed by atoms with Crippen LogP contribution in [0.4, 0.5) is 0 Å². The summed E-state index contributed by atoms with van der Waals surface area (Å²) in [6.07, 6.45) is 0. The standard InChI is InChI=1S/C22H23NO7/c1-5-28-22(27)17-8-12(2)23(14(17)4)10-20(26)29-11-15-9-19(25)30-21-13(3)18(24)7-6-16(15)21/h6-9,24H,5,10-11H2,1-4H3. The molecule has 0 unspecified atom stereocenters. The fourth-order valence-corrected chi connectivity index (χ4v) is 3.33. The van der Waals surface area contributed by atoms with Crippen molar-refractivity contribution in [2.24, 2.45) is 0 Å². The van der Waals surface area contributed by atoms with Gasteiger partial charge in [-0.2, -0.15) is 0 Å². The van der Waals surface area contributed by atoms with Gasteiger partial charge in [0.25, 0.3) is 0 Å². The van der Waals surface area contributed by atoms with Gasteiger partial charge in [0.1, 0.15) is 24.5 Å². The third-order valence-corrected chi connectivity index (χ3v) is 4.96. The summed E-state index contributed by atoms with van der Waals surface area (Å²) in [5, 5.41) is 10.4. The minimum atomic E-state index is -0.599. The van der Waals surface area contributed by atoms with Gasteiger partial charge in [-0.3, -0.25) is 4.79 Å². The Morgan fingerprint density at radius 3 is 2.57 bits per heavy atom. The van der Waals surface area contributed by atoms with Crippen molar-refractivity contribution < 1.29 is 28.6 Å². The van der Waals surface area contributed by atoms with Crippen molar-refractivity contribution in [2.75, 3.05) is 6.61 Å². The lowest BCUT2D eigenvalue weighted by molar-refractivity contribution is -0.145. The zero-order valence-corrected chi connectivity index (χ0v) is 17.3. The number of phenols is 1. The van der Waals surface area contributed by atoms with E-state index in [2.05, 4.69) is 0 Å². The second-order valence-electron chi connectivity index (χ2n) is 6.93. The number of rotatable bonds is 6. The Bertz CT molecular complexity index is 1190. The van der Waals surface area contributed by atoms with Crippen LogP contribution in [0.25, 0.3) is 11.0 Å². The molecule has 3 aromatic rings. The first kappa shape index (κ1) is 21.2. The quantitative estimate of drug-likeness (QED) is 0.488. The number of aromatic hydroxyl groups is 1. The first-order valence-electron chi connectivity index (χ1n) is 9.47. The topological polar surface area (TPSA) is 108 Å². The number of carbonyl (C=O) groups is 2. The molecular weight excluding hydrogens is 390 g/mol.